The van der Waals surface area contributed by atoms with Crippen molar-refractivity contribution in [2.24, 2.45) is 5.73 Å². The molecule has 4 heterocycles. The van der Waals surface area contributed by atoms with Gasteiger partial charge in [0, 0.05) is 65.9 Å². The smallest absolute Gasteiger partial charge is 0.253 e. The Morgan fingerprint density at radius 2 is 1.76 bits per heavy atom. The molecule has 1 saturated heterocycles. The first-order chi connectivity index (χ1) is 18.3. The van der Waals surface area contributed by atoms with Crippen molar-refractivity contribution in [3.8, 4) is 0 Å². The second-order valence-corrected chi connectivity index (χ2v) is 11.5. The predicted molar refractivity (Wildman–Crippen MR) is 153 cm³/mol. The highest BCUT2D eigenvalue weighted by atomic mass is 16.2. The second kappa shape index (κ2) is 11.4. The fourth-order valence-electron chi connectivity index (χ4n) is 6.37. The maximum absolute atomic E-state index is 13.2. The molecular formula is C30H43N7O. The Morgan fingerprint density at radius 1 is 1.08 bits per heavy atom. The number of likely N-dealkylation sites (tertiary alicyclic amines) is 1. The number of rotatable bonds is 7. The lowest BCUT2D eigenvalue weighted by Gasteiger charge is -2.32. The maximum Gasteiger partial charge on any atom is 0.253 e. The van der Waals surface area contributed by atoms with Crippen LogP contribution in [0.1, 0.15) is 104 Å². The minimum Gasteiger partial charge on any atom is -0.352 e. The van der Waals surface area contributed by atoms with Crippen molar-refractivity contribution in [2.75, 3.05) is 18.4 Å². The second-order valence-electron chi connectivity index (χ2n) is 11.5. The van der Waals surface area contributed by atoms with E-state index in [1.165, 1.54) is 5.56 Å². The summed E-state index contributed by atoms with van der Waals surface area (Å²) in [5.74, 6) is 1.20. The Balaban J connectivity index is 1.38. The first-order valence-corrected chi connectivity index (χ1v) is 14.5. The number of aromatic nitrogens is 4. The Bertz CT molecular complexity index is 1250. The van der Waals surface area contributed by atoms with Crippen LogP contribution in [0.25, 0.3) is 11.0 Å². The van der Waals surface area contributed by atoms with Gasteiger partial charge in [-0.2, -0.15) is 4.98 Å². The molecule has 0 aromatic carbocycles. The first kappa shape index (κ1) is 26.6. The summed E-state index contributed by atoms with van der Waals surface area (Å²) in [6, 6.07) is 4.86. The molecule has 5 rings (SSSR count). The summed E-state index contributed by atoms with van der Waals surface area (Å²) in [4.78, 5) is 29.4. The van der Waals surface area contributed by atoms with Gasteiger partial charge in [-0.3, -0.25) is 9.78 Å². The summed E-state index contributed by atoms with van der Waals surface area (Å²) in [7, 11) is 0. The van der Waals surface area contributed by atoms with Gasteiger partial charge in [0.05, 0.1) is 0 Å². The number of fused-ring (bicyclic) bond motifs is 1. The molecule has 1 aliphatic carbocycles. The van der Waals surface area contributed by atoms with Crippen LogP contribution in [0.15, 0.2) is 24.5 Å². The Morgan fingerprint density at radius 3 is 2.42 bits per heavy atom. The highest BCUT2D eigenvalue weighted by molar-refractivity contribution is 5.94. The molecule has 1 aliphatic heterocycles. The van der Waals surface area contributed by atoms with Crippen LogP contribution in [0.4, 0.5) is 5.95 Å². The summed E-state index contributed by atoms with van der Waals surface area (Å²) in [6.07, 6.45) is 12.7. The largest absolute Gasteiger partial charge is 0.352 e. The average Bonchev–Trinajstić information content (AvgIpc) is 3.27. The average molecular weight is 518 g/mol. The third-order valence-electron chi connectivity index (χ3n) is 8.38. The number of carbonyl (C=O) groups excluding carboxylic acids is 1. The molecule has 3 aromatic heterocycles. The molecule has 38 heavy (non-hydrogen) atoms. The van der Waals surface area contributed by atoms with Crippen LogP contribution in [0.5, 0.6) is 0 Å². The fraction of sp³-hybridized carbons (Fsp3) is 0.600. The van der Waals surface area contributed by atoms with Crippen LogP contribution in [0.3, 0.4) is 0 Å². The Hall–Kier alpha value is -3.00. The van der Waals surface area contributed by atoms with Gasteiger partial charge in [0.15, 0.2) is 0 Å². The van der Waals surface area contributed by atoms with Crippen LogP contribution in [0, 0.1) is 13.8 Å². The summed E-state index contributed by atoms with van der Waals surface area (Å²) in [6.45, 7) is 9.78. The highest BCUT2D eigenvalue weighted by Crippen LogP contribution is 2.38. The molecule has 1 amide bonds. The molecule has 0 spiro atoms. The van der Waals surface area contributed by atoms with E-state index >= 15 is 0 Å². The van der Waals surface area contributed by atoms with Crippen LogP contribution in [-0.2, 0) is 0 Å². The van der Waals surface area contributed by atoms with E-state index in [0.717, 1.165) is 92.4 Å². The van der Waals surface area contributed by atoms with E-state index in [1.54, 1.807) is 0 Å². The predicted octanol–water partition coefficient (Wildman–Crippen LogP) is 5.51. The zero-order chi connectivity index (χ0) is 26.8. The van der Waals surface area contributed by atoms with Gasteiger partial charge >= 0.3 is 0 Å². The van der Waals surface area contributed by atoms with E-state index in [9.17, 15) is 4.79 Å². The van der Waals surface area contributed by atoms with Gasteiger partial charge in [-0.25, -0.2) is 4.98 Å². The number of nitrogens with two attached hydrogens (primary N) is 1. The number of amides is 1. The molecular weight excluding hydrogens is 474 g/mol. The maximum atomic E-state index is 13.2. The van der Waals surface area contributed by atoms with Crippen molar-refractivity contribution < 1.29 is 4.79 Å². The number of nitrogens with zero attached hydrogens (tertiary/aromatic N) is 5. The molecule has 8 heteroatoms. The van der Waals surface area contributed by atoms with Gasteiger partial charge in [-0.15, -0.1) is 0 Å². The summed E-state index contributed by atoms with van der Waals surface area (Å²) in [5, 5.41) is 4.65. The molecule has 204 valence electrons. The molecule has 0 radical (unpaired) electrons. The minimum atomic E-state index is 0.110. The number of piperidine rings is 1. The van der Waals surface area contributed by atoms with Gasteiger partial charge in [-0.1, -0.05) is 13.3 Å². The quantitative estimate of drug-likeness (QED) is 0.429. The monoisotopic (exact) mass is 517 g/mol. The van der Waals surface area contributed by atoms with E-state index in [2.05, 4.69) is 34.9 Å². The highest BCUT2D eigenvalue weighted by Gasteiger charge is 2.29. The third-order valence-corrected chi connectivity index (χ3v) is 8.38. The number of anilines is 1. The Kier molecular flexibility index (Phi) is 7.98. The fourth-order valence-corrected chi connectivity index (χ4v) is 6.37. The van der Waals surface area contributed by atoms with E-state index in [4.69, 9.17) is 15.7 Å². The lowest BCUT2D eigenvalue weighted by molar-refractivity contribution is 0.0713. The van der Waals surface area contributed by atoms with Crippen molar-refractivity contribution in [1.29, 1.82) is 0 Å². The van der Waals surface area contributed by atoms with Crippen molar-refractivity contribution in [2.45, 2.75) is 103 Å². The molecule has 8 nitrogen and oxygen atoms in total. The Labute approximate surface area is 226 Å². The molecule has 0 unspecified atom stereocenters. The molecule has 3 N–H and O–H groups in total. The number of hydrogen-bond acceptors (Lipinski definition) is 6. The summed E-state index contributed by atoms with van der Waals surface area (Å²) < 4.78 is 2.41. The summed E-state index contributed by atoms with van der Waals surface area (Å²) in [5.41, 5.74) is 11.1. The van der Waals surface area contributed by atoms with E-state index in [0.29, 0.717) is 30.0 Å². The van der Waals surface area contributed by atoms with Gasteiger partial charge < -0.3 is 20.5 Å². The zero-order valence-corrected chi connectivity index (χ0v) is 23.4. The minimum absolute atomic E-state index is 0.110. The van der Waals surface area contributed by atoms with Crippen molar-refractivity contribution in [1.82, 2.24) is 24.4 Å². The van der Waals surface area contributed by atoms with Gasteiger partial charge in [0.25, 0.3) is 5.91 Å². The van der Waals surface area contributed by atoms with Crippen LogP contribution >= 0.6 is 0 Å². The number of carbonyl (C=O) groups is 1. The SMILES string of the molecule is CCC[C@H](C)Nc1ncc2c(C3CCN(C(=O)c4cc(C)nc(C)c4)CC3)cn(C3CCC(N)CC3)c2n1. The van der Waals surface area contributed by atoms with Crippen molar-refractivity contribution in [3.05, 3.63) is 47.0 Å². The number of pyridine rings is 1. The molecule has 0 bridgehead atoms. The summed E-state index contributed by atoms with van der Waals surface area (Å²) >= 11 is 0. The van der Waals surface area contributed by atoms with E-state index in [-0.39, 0.29) is 5.91 Å². The zero-order valence-electron chi connectivity index (χ0n) is 23.4. The van der Waals surface area contributed by atoms with Gasteiger partial charge in [0.1, 0.15) is 5.65 Å². The molecule has 2 aliphatic rings. The number of aryl methyl sites for hydroxylation is 2. The lowest BCUT2D eigenvalue weighted by Crippen LogP contribution is -2.38. The first-order valence-electron chi connectivity index (χ1n) is 14.5. The normalized spacial score (nSPS) is 21.6. The molecule has 2 fully saturated rings. The number of nitrogens with one attached hydrogen (secondary N) is 1. The van der Waals surface area contributed by atoms with Crippen LogP contribution in [-0.4, -0.2) is 55.5 Å². The standard InChI is InChI=1S/C30H43N7O/c1-5-6-19(2)34-30-32-17-26-27(18-37(28(26)35-30)25-9-7-24(31)8-10-25)22-11-13-36(14-12-22)29(38)23-15-20(3)33-21(4)16-23/h15-19,22,24-25H,5-14,31H2,1-4H3,(H,32,34,35)/t19-,24?,25?/m0/s1. The van der Waals surface area contributed by atoms with Crippen LogP contribution in [0.2, 0.25) is 0 Å². The topological polar surface area (TPSA) is 102 Å². The van der Waals surface area contributed by atoms with E-state index < -0.39 is 0 Å². The van der Waals surface area contributed by atoms with Crippen molar-refractivity contribution >= 4 is 22.9 Å². The molecule has 1 atom stereocenters. The van der Waals surface area contributed by atoms with Gasteiger partial charge in [0.2, 0.25) is 5.95 Å². The molecule has 1 saturated carbocycles. The van der Waals surface area contributed by atoms with Gasteiger partial charge in [-0.05, 0) is 89.3 Å². The van der Waals surface area contributed by atoms with Crippen LogP contribution < -0.4 is 11.1 Å². The molecule has 3 aromatic rings. The third kappa shape index (κ3) is 5.70. The number of hydrogen-bond donors (Lipinski definition) is 2. The lowest BCUT2D eigenvalue weighted by atomic mass is 9.89. The van der Waals surface area contributed by atoms with E-state index in [1.807, 2.05) is 37.1 Å². The van der Waals surface area contributed by atoms with Crippen molar-refractivity contribution in [3.63, 3.8) is 0 Å².